The largest absolute Gasteiger partial charge is 0.573 e. The summed E-state index contributed by atoms with van der Waals surface area (Å²) in [7, 11) is 0. The van der Waals surface area contributed by atoms with Gasteiger partial charge in [-0.2, -0.15) is 0 Å². The molecule has 3 aromatic rings. The summed E-state index contributed by atoms with van der Waals surface area (Å²) < 4.78 is 42.3. The predicted molar refractivity (Wildman–Crippen MR) is 92.0 cm³/mol. The van der Waals surface area contributed by atoms with Crippen LogP contribution < -0.4 is 10.3 Å². The van der Waals surface area contributed by atoms with Crippen molar-refractivity contribution < 1.29 is 27.8 Å². The summed E-state index contributed by atoms with van der Waals surface area (Å²) in [4.78, 5) is 23.8. The van der Waals surface area contributed by atoms with Gasteiger partial charge in [-0.25, -0.2) is 4.79 Å². The number of rotatable bonds is 5. The zero-order valence-corrected chi connectivity index (χ0v) is 13.9. The molecule has 0 bridgehead atoms. The third kappa shape index (κ3) is 4.28. The second-order valence-corrected chi connectivity index (χ2v) is 5.82. The van der Waals surface area contributed by atoms with Crippen LogP contribution >= 0.6 is 0 Å². The molecule has 0 fully saturated rings. The molecule has 0 atom stereocenters. The zero-order valence-electron chi connectivity index (χ0n) is 13.9. The van der Waals surface area contributed by atoms with Gasteiger partial charge < -0.3 is 14.4 Å². The van der Waals surface area contributed by atoms with Crippen LogP contribution in [0.1, 0.15) is 15.9 Å². The van der Waals surface area contributed by atoms with Crippen LogP contribution in [-0.2, 0) is 13.0 Å². The van der Waals surface area contributed by atoms with Gasteiger partial charge in [0.1, 0.15) is 11.3 Å². The van der Waals surface area contributed by atoms with Crippen molar-refractivity contribution in [1.82, 2.24) is 4.57 Å². The van der Waals surface area contributed by atoms with Crippen molar-refractivity contribution in [2.24, 2.45) is 0 Å². The number of benzene rings is 2. The molecule has 1 aromatic heterocycles. The third-order valence-corrected chi connectivity index (χ3v) is 3.99. The molecule has 2 aromatic carbocycles. The lowest BCUT2D eigenvalue weighted by Crippen LogP contribution is -2.27. The molecule has 0 radical (unpaired) electrons. The van der Waals surface area contributed by atoms with Gasteiger partial charge in [0.2, 0.25) is 0 Å². The molecule has 3 rings (SSSR count). The minimum atomic E-state index is -4.79. The lowest BCUT2D eigenvalue weighted by Gasteiger charge is -2.13. The van der Waals surface area contributed by atoms with Crippen LogP contribution in [0.25, 0.3) is 10.9 Å². The van der Waals surface area contributed by atoms with Crippen LogP contribution in [0.2, 0.25) is 0 Å². The van der Waals surface area contributed by atoms with Crippen molar-refractivity contribution in [2.75, 3.05) is 0 Å². The number of carboxylic acids is 1. The molecule has 0 aliphatic rings. The molecule has 0 aliphatic carbocycles. The Kier molecular flexibility index (Phi) is 4.89. The highest BCUT2D eigenvalue weighted by Crippen LogP contribution is 2.23. The topological polar surface area (TPSA) is 68.5 Å². The van der Waals surface area contributed by atoms with E-state index in [1.54, 1.807) is 30.3 Å². The normalized spacial score (nSPS) is 11.5. The highest BCUT2D eigenvalue weighted by Gasteiger charge is 2.31. The maximum Gasteiger partial charge on any atom is 0.573 e. The Morgan fingerprint density at radius 2 is 1.81 bits per heavy atom. The summed E-state index contributed by atoms with van der Waals surface area (Å²) in [5, 5.41) is 9.83. The van der Waals surface area contributed by atoms with E-state index < -0.39 is 17.9 Å². The molecule has 5 nitrogen and oxygen atoms in total. The molecular weight excluding hydrogens is 363 g/mol. The molecule has 0 saturated carbocycles. The van der Waals surface area contributed by atoms with Crippen molar-refractivity contribution in [3.05, 3.63) is 76.1 Å². The van der Waals surface area contributed by atoms with Crippen LogP contribution in [0.4, 0.5) is 13.2 Å². The first-order chi connectivity index (χ1) is 12.7. The van der Waals surface area contributed by atoms with Gasteiger partial charge >= 0.3 is 12.3 Å². The molecule has 0 aliphatic heterocycles. The van der Waals surface area contributed by atoms with Crippen LogP contribution in [0.15, 0.2) is 59.4 Å². The highest BCUT2D eigenvalue weighted by atomic mass is 19.4. The van der Waals surface area contributed by atoms with E-state index in [9.17, 15) is 27.9 Å². The molecule has 0 unspecified atom stereocenters. The lowest BCUT2D eigenvalue weighted by molar-refractivity contribution is -0.274. The number of aryl methyl sites for hydroxylation is 2. The number of carbonyl (C=O) groups is 1. The number of halogens is 3. The van der Waals surface area contributed by atoms with Gasteiger partial charge in [0, 0.05) is 6.54 Å². The fraction of sp³-hybridized carbons (Fsp3) is 0.158. The zero-order chi connectivity index (χ0) is 19.6. The standard InChI is InChI=1S/C19H14F3NO4/c20-19(21,22)27-14-6-3-4-12(10-14)8-9-23-16-7-2-1-5-13(16)11-15(17(23)24)18(25)26/h1-7,10-11H,8-9H2,(H,25,26). The number of pyridine rings is 1. The van der Waals surface area contributed by atoms with Crippen molar-refractivity contribution in [1.29, 1.82) is 0 Å². The van der Waals surface area contributed by atoms with Gasteiger partial charge in [-0.3, -0.25) is 4.79 Å². The van der Waals surface area contributed by atoms with E-state index in [-0.39, 0.29) is 24.3 Å². The van der Waals surface area contributed by atoms with Crippen molar-refractivity contribution in [3.63, 3.8) is 0 Å². The first kappa shape index (κ1) is 18.5. The molecule has 1 N–H and O–H groups in total. The van der Waals surface area contributed by atoms with E-state index in [2.05, 4.69) is 4.74 Å². The molecule has 0 saturated heterocycles. The Balaban J connectivity index is 1.94. The number of aromatic carboxylic acids is 1. The van der Waals surface area contributed by atoms with Gasteiger partial charge in [0.05, 0.1) is 5.52 Å². The number of hydrogen-bond acceptors (Lipinski definition) is 3. The van der Waals surface area contributed by atoms with Gasteiger partial charge in [0.25, 0.3) is 5.56 Å². The summed E-state index contributed by atoms with van der Waals surface area (Å²) in [6.07, 6.45) is -4.57. The molecule has 8 heteroatoms. The summed E-state index contributed by atoms with van der Waals surface area (Å²) in [6.45, 7) is 0.107. The second-order valence-electron chi connectivity index (χ2n) is 5.82. The Morgan fingerprint density at radius 3 is 2.52 bits per heavy atom. The van der Waals surface area contributed by atoms with E-state index >= 15 is 0 Å². The number of nitrogens with zero attached hydrogens (tertiary/aromatic N) is 1. The number of hydrogen-bond donors (Lipinski definition) is 1. The molecule has 0 spiro atoms. The van der Waals surface area contributed by atoms with E-state index in [4.69, 9.17) is 0 Å². The number of carboxylic acid groups (broad SMARTS) is 1. The Bertz CT molecular complexity index is 1060. The Morgan fingerprint density at radius 1 is 1.07 bits per heavy atom. The van der Waals surface area contributed by atoms with E-state index in [0.29, 0.717) is 16.5 Å². The molecular formula is C19H14F3NO4. The Hall–Kier alpha value is -3.29. The summed E-state index contributed by atoms with van der Waals surface area (Å²) in [5.74, 6) is -1.68. The summed E-state index contributed by atoms with van der Waals surface area (Å²) >= 11 is 0. The SMILES string of the molecule is O=C(O)c1cc2ccccc2n(CCc2cccc(OC(F)(F)F)c2)c1=O. The quantitative estimate of drug-likeness (QED) is 0.734. The highest BCUT2D eigenvalue weighted by molar-refractivity contribution is 5.92. The number of alkyl halides is 3. The first-order valence-corrected chi connectivity index (χ1v) is 7.95. The number of aromatic nitrogens is 1. The minimum absolute atomic E-state index is 0.107. The van der Waals surface area contributed by atoms with Crippen LogP contribution in [-0.4, -0.2) is 22.0 Å². The van der Waals surface area contributed by atoms with Gasteiger partial charge in [0.15, 0.2) is 0 Å². The summed E-state index contributed by atoms with van der Waals surface area (Å²) in [6, 6.07) is 13.6. The average molecular weight is 377 g/mol. The Labute approximate surface area is 151 Å². The number of ether oxygens (including phenoxy) is 1. The van der Waals surface area contributed by atoms with Crippen molar-refractivity contribution in [3.8, 4) is 5.75 Å². The first-order valence-electron chi connectivity index (χ1n) is 7.95. The van der Waals surface area contributed by atoms with Crippen LogP contribution in [0, 0.1) is 0 Å². The second kappa shape index (κ2) is 7.14. The molecule has 27 heavy (non-hydrogen) atoms. The van der Waals surface area contributed by atoms with Crippen molar-refractivity contribution in [2.45, 2.75) is 19.3 Å². The maximum absolute atomic E-state index is 12.5. The van der Waals surface area contributed by atoms with E-state index in [1.807, 2.05) is 0 Å². The van der Waals surface area contributed by atoms with Crippen molar-refractivity contribution >= 4 is 16.9 Å². The number of para-hydroxylation sites is 1. The van der Waals surface area contributed by atoms with Gasteiger partial charge in [-0.1, -0.05) is 30.3 Å². The fourth-order valence-corrected chi connectivity index (χ4v) is 2.84. The van der Waals surface area contributed by atoms with Crippen LogP contribution in [0.5, 0.6) is 5.75 Å². The number of fused-ring (bicyclic) bond motifs is 1. The third-order valence-electron chi connectivity index (χ3n) is 3.99. The van der Waals surface area contributed by atoms with Gasteiger partial charge in [-0.05, 0) is 41.6 Å². The van der Waals surface area contributed by atoms with E-state index in [0.717, 1.165) is 0 Å². The lowest BCUT2D eigenvalue weighted by atomic mass is 10.1. The maximum atomic E-state index is 12.5. The molecule has 140 valence electrons. The van der Waals surface area contributed by atoms with Crippen LogP contribution in [0.3, 0.4) is 0 Å². The van der Waals surface area contributed by atoms with E-state index in [1.165, 1.54) is 28.8 Å². The smallest absolute Gasteiger partial charge is 0.477 e. The fourth-order valence-electron chi connectivity index (χ4n) is 2.84. The average Bonchev–Trinajstić information content (AvgIpc) is 2.59. The monoisotopic (exact) mass is 377 g/mol. The molecule has 1 heterocycles. The van der Waals surface area contributed by atoms with Gasteiger partial charge in [-0.15, -0.1) is 13.2 Å². The summed E-state index contributed by atoms with van der Waals surface area (Å²) in [5.41, 5.74) is 0.0513. The minimum Gasteiger partial charge on any atom is -0.477 e. The molecule has 0 amide bonds. The predicted octanol–water partition coefficient (Wildman–Crippen LogP) is 3.84.